The number of piperidine rings is 1. The van der Waals surface area contributed by atoms with Gasteiger partial charge in [-0.2, -0.15) is 0 Å². The summed E-state index contributed by atoms with van der Waals surface area (Å²) in [6.07, 6.45) is 3.30. The zero-order valence-electron chi connectivity index (χ0n) is 18.1. The molecule has 0 radical (unpaired) electrons. The summed E-state index contributed by atoms with van der Waals surface area (Å²) in [5, 5.41) is 2.34. The molecule has 1 N–H and O–H groups in total. The molecule has 6 rings (SSSR count). The first-order valence-corrected chi connectivity index (χ1v) is 11.0. The Morgan fingerprint density at radius 2 is 1.88 bits per heavy atom. The van der Waals surface area contributed by atoms with Crippen molar-refractivity contribution in [1.29, 1.82) is 0 Å². The van der Waals surface area contributed by atoms with Gasteiger partial charge >= 0.3 is 0 Å². The number of amides is 3. The van der Waals surface area contributed by atoms with Crippen molar-refractivity contribution in [3.8, 4) is 28.3 Å². The third kappa shape index (κ3) is 3.13. The van der Waals surface area contributed by atoms with Gasteiger partial charge in [0.2, 0.25) is 11.8 Å². The van der Waals surface area contributed by atoms with E-state index in [0.717, 1.165) is 40.2 Å². The first-order chi connectivity index (χ1) is 16.0. The lowest BCUT2D eigenvalue weighted by molar-refractivity contribution is -0.136. The molecule has 8 nitrogen and oxygen atoms in total. The standard InChI is InChI=1S/C25H22N4O4/c1-28-13-26-22(23(28)16-3-2-14-8-9-33-20(14)11-16)15-4-5-18-17(10-15)12-29(25(18)32)19-6-7-21(30)27-24(19)31/h2-5,10-11,13,19H,6-9,12H2,1H3,(H,27,30,31). The quantitative estimate of drug-likeness (QED) is 0.629. The smallest absolute Gasteiger partial charge is 0.255 e. The average Bonchev–Trinajstić information content (AvgIpc) is 3.50. The fraction of sp³-hybridized carbons (Fsp3) is 0.280. The highest BCUT2D eigenvalue weighted by Gasteiger charge is 2.39. The number of rotatable bonds is 3. The Morgan fingerprint density at radius 3 is 2.73 bits per heavy atom. The highest BCUT2D eigenvalue weighted by Crippen LogP contribution is 2.37. The normalized spacial score (nSPS) is 19.4. The number of benzene rings is 2. The van der Waals surface area contributed by atoms with Gasteiger partial charge < -0.3 is 14.2 Å². The highest BCUT2D eigenvalue weighted by atomic mass is 16.5. The number of aromatic nitrogens is 2. The van der Waals surface area contributed by atoms with E-state index in [2.05, 4.69) is 28.5 Å². The Hall–Kier alpha value is -3.94. The lowest BCUT2D eigenvalue weighted by Gasteiger charge is -2.29. The predicted molar refractivity (Wildman–Crippen MR) is 119 cm³/mol. The van der Waals surface area contributed by atoms with Gasteiger partial charge in [0, 0.05) is 43.1 Å². The zero-order chi connectivity index (χ0) is 22.7. The molecule has 0 bridgehead atoms. The van der Waals surface area contributed by atoms with E-state index in [1.54, 1.807) is 11.2 Å². The molecular weight excluding hydrogens is 420 g/mol. The van der Waals surface area contributed by atoms with Gasteiger partial charge in [-0.05, 0) is 35.7 Å². The van der Waals surface area contributed by atoms with E-state index in [4.69, 9.17) is 4.74 Å². The molecule has 0 saturated carbocycles. The van der Waals surface area contributed by atoms with Crippen LogP contribution in [0.2, 0.25) is 0 Å². The van der Waals surface area contributed by atoms with Gasteiger partial charge in [-0.15, -0.1) is 0 Å². The number of ether oxygens (including phenoxy) is 1. The van der Waals surface area contributed by atoms with E-state index < -0.39 is 11.9 Å². The van der Waals surface area contributed by atoms with Gasteiger partial charge in [-0.1, -0.05) is 18.2 Å². The number of imide groups is 1. The fourth-order valence-electron chi connectivity index (χ4n) is 5.02. The number of nitrogens with one attached hydrogen (secondary N) is 1. The number of nitrogens with zero attached hydrogens (tertiary/aromatic N) is 3. The van der Waals surface area contributed by atoms with E-state index in [9.17, 15) is 14.4 Å². The topological polar surface area (TPSA) is 93.5 Å². The summed E-state index contributed by atoms with van der Waals surface area (Å²) >= 11 is 0. The van der Waals surface area contributed by atoms with Gasteiger partial charge in [-0.3, -0.25) is 19.7 Å². The van der Waals surface area contributed by atoms with Crippen molar-refractivity contribution in [2.24, 2.45) is 7.05 Å². The third-order valence-corrected chi connectivity index (χ3v) is 6.70. The van der Waals surface area contributed by atoms with Crippen LogP contribution in [-0.4, -0.2) is 44.8 Å². The molecule has 1 atom stereocenters. The van der Waals surface area contributed by atoms with E-state index >= 15 is 0 Å². The molecule has 3 aromatic rings. The molecular formula is C25H22N4O4. The molecule has 3 amide bonds. The van der Waals surface area contributed by atoms with Crippen molar-refractivity contribution < 1.29 is 19.1 Å². The molecule has 1 saturated heterocycles. The van der Waals surface area contributed by atoms with Crippen LogP contribution in [0.25, 0.3) is 22.5 Å². The average molecular weight is 442 g/mol. The minimum absolute atomic E-state index is 0.178. The molecule has 3 aliphatic rings. The van der Waals surface area contributed by atoms with Gasteiger partial charge in [-0.25, -0.2) is 4.98 Å². The molecule has 3 aliphatic heterocycles. The Balaban J connectivity index is 1.34. The molecule has 0 aliphatic carbocycles. The van der Waals surface area contributed by atoms with E-state index in [0.29, 0.717) is 25.1 Å². The van der Waals surface area contributed by atoms with Crippen LogP contribution in [0.1, 0.15) is 34.3 Å². The van der Waals surface area contributed by atoms with Crippen LogP contribution in [0.4, 0.5) is 0 Å². The van der Waals surface area contributed by atoms with Gasteiger partial charge in [0.1, 0.15) is 11.8 Å². The maximum atomic E-state index is 13.0. The molecule has 1 fully saturated rings. The van der Waals surface area contributed by atoms with Crippen LogP contribution >= 0.6 is 0 Å². The number of aryl methyl sites for hydroxylation is 1. The number of hydrogen-bond acceptors (Lipinski definition) is 5. The van der Waals surface area contributed by atoms with Crippen molar-refractivity contribution >= 4 is 17.7 Å². The van der Waals surface area contributed by atoms with Crippen LogP contribution in [0.3, 0.4) is 0 Å². The zero-order valence-corrected chi connectivity index (χ0v) is 18.1. The van der Waals surface area contributed by atoms with Crippen molar-refractivity contribution in [1.82, 2.24) is 19.8 Å². The first-order valence-electron chi connectivity index (χ1n) is 11.0. The van der Waals surface area contributed by atoms with E-state index in [1.807, 2.05) is 29.8 Å². The SMILES string of the molecule is Cn1cnc(-c2ccc3c(c2)CN(C2CCC(=O)NC2=O)C3=O)c1-c1ccc2c(c1)OCC2. The van der Waals surface area contributed by atoms with Gasteiger partial charge in [0.25, 0.3) is 5.91 Å². The molecule has 166 valence electrons. The molecule has 1 unspecified atom stereocenters. The van der Waals surface area contributed by atoms with Crippen molar-refractivity contribution in [2.75, 3.05) is 6.61 Å². The Labute approximate surface area is 190 Å². The molecule has 0 spiro atoms. The maximum absolute atomic E-state index is 13.0. The summed E-state index contributed by atoms with van der Waals surface area (Å²) in [6.45, 7) is 1.04. The van der Waals surface area contributed by atoms with Crippen LogP contribution < -0.4 is 10.1 Å². The highest BCUT2D eigenvalue weighted by molar-refractivity contribution is 6.05. The number of carbonyl (C=O) groups is 3. The van der Waals surface area contributed by atoms with E-state index in [-0.39, 0.29) is 18.2 Å². The molecule has 8 heteroatoms. The number of imidazole rings is 1. The van der Waals surface area contributed by atoms with Crippen molar-refractivity contribution in [3.05, 3.63) is 59.4 Å². The van der Waals surface area contributed by atoms with Crippen LogP contribution in [0, 0.1) is 0 Å². The Bertz CT molecular complexity index is 1340. The second-order valence-electron chi connectivity index (χ2n) is 8.75. The van der Waals surface area contributed by atoms with Gasteiger partial charge in [0.15, 0.2) is 0 Å². The Kier molecular flexibility index (Phi) is 4.36. The fourth-order valence-corrected chi connectivity index (χ4v) is 5.02. The maximum Gasteiger partial charge on any atom is 0.255 e. The summed E-state index contributed by atoms with van der Waals surface area (Å²) in [4.78, 5) is 43.0. The number of fused-ring (bicyclic) bond motifs is 2. The lowest BCUT2D eigenvalue weighted by Crippen LogP contribution is -2.52. The largest absolute Gasteiger partial charge is 0.493 e. The monoisotopic (exact) mass is 442 g/mol. The first kappa shape index (κ1) is 19.7. The summed E-state index contributed by atoms with van der Waals surface area (Å²) < 4.78 is 7.74. The summed E-state index contributed by atoms with van der Waals surface area (Å²) in [5.41, 5.74) is 6.39. The predicted octanol–water partition coefficient (Wildman–Crippen LogP) is 2.45. The second kappa shape index (κ2) is 7.30. The van der Waals surface area contributed by atoms with Crippen LogP contribution in [0.15, 0.2) is 42.7 Å². The van der Waals surface area contributed by atoms with E-state index in [1.165, 1.54) is 5.56 Å². The third-order valence-electron chi connectivity index (χ3n) is 6.70. The number of carbonyl (C=O) groups excluding carboxylic acids is 3. The van der Waals surface area contributed by atoms with Gasteiger partial charge in [0.05, 0.1) is 24.3 Å². The molecule has 1 aromatic heterocycles. The summed E-state index contributed by atoms with van der Waals surface area (Å²) in [6, 6.07) is 11.3. The van der Waals surface area contributed by atoms with Crippen molar-refractivity contribution in [2.45, 2.75) is 31.8 Å². The summed E-state index contributed by atoms with van der Waals surface area (Å²) in [7, 11) is 1.96. The molecule has 2 aromatic carbocycles. The van der Waals surface area contributed by atoms with Crippen LogP contribution in [0.5, 0.6) is 5.75 Å². The van der Waals surface area contributed by atoms with Crippen molar-refractivity contribution in [3.63, 3.8) is 0 Å². The minimum Gasteiger partial charge on any atom is -0.493 e. The Morgan fingerprint density at radius 1 is 1.03 bits per heavy atom. The molecule has 33 heavy (non-hydrogen) atoms. The number of hydrogen-bond donors (Lipinski definition) is 1. The minimum atomic E-state index is -0.622. The second-order valence-corrected chi connectivity index (χ2v) is 8.75. The lowest BCUT2D eigenvalue weighted by atomic mass is 9.99. The summed E-state index contributed by atoms with van der Waals surface area (Å²) in [5.74, 6) is 0.0444. The molecule has 4 heterocycles. The van der Waals surface area contributed by atoms with Crippen LogP contribution in [-0.2, 0) is 29.6 Å².